The van der Waals surface area contributed by atoms with Gasteiger partial charge in [0.25, 0.3) is 11.8 Å². The molecule has 0 aliphatic carbocycles. The number of hydrogen-bond donors (Lipinski definition) is 2. The third-order valence-corrected chi connectivity index (χ3v) is 6.58. The van der Waals surface area contributed by atoms with Crippen LogP contribution in [0.4, 0.5) is 5.69 Å². The minimum absolute atomic E-state index is 0.210. The van der Waals surface area contributed by atoms with E-state index in [2.05, 4.69) is 16.7 Å². The van der Waals surface area contributed by atoms with Crippen molar-refractivity contribution >= 4 is 52.2 Å². The first-order valence-electron chi connectivity index (χ1n) is 9.21. The molecule has 4 nitrogen and oxygen atoms in total. The maximum atomic E-state index is 12.8. The molecule has 0 fully saturated rings. The summed E-state index contributed by atoms with van der Waals surface area (Å²) >= 11 is 9.59. The van der Waals surface area contributed by atoms with Crippen molar-refractivity contribution in [2.45, 2.75) is 24.0 Å². The Balaban J connectivity index is 1.70. The van der Waals surface area contributed by atoms with Gasteiger partial charge in [0, 0.05) is 27.8 Å². The van der Waals surface area contributed by atoms with Crippen LogP contribution in [0.25, 0.3) is 0 Å². The molecule has 0 bridgehead atoms. The largest absolute Gasteiger partial charge is 0.352 e. The molecule has 0 saturated heterocycles. The van der Waals surface area contributed by atoms with Crippen LogP contribution in [0.5, 0.6) is 0 Å². The van der Waals surface area contributed by atoms with E-state index in [0.29, 0.717) is 28.4 Å². The monoisotopic (exact) mass is 444 g/mol. The summed E-state index contributed by atoms with van der Waals surface area (Å²) in [5.41, 5.74) is 1.55. The number of carbonyl (C=O) groups excluding carboxylic acids is 2. The van der Waals surface area contributed by atoms with Crippen LogP contribution in [0.1, 0.15) is 38.9 Å². The van der Waals surface area contributed by atoms with E-state index in [0.717, 1.165) is 17.1 Å². The molecule has 0 spiro atoms. The SMILES string of the molecule is CCCNC(=O)c1ccc(NC(=O)c2ccccc2SCc2cccs2)cc1Cl. The van der Waals surface area contributed by atoms with Crippen LogP contribution in [0.2, 0.25) is 5.02 Å². The van der Waals surface area contributed by atoms with Gasteiger partial charge in [-0.3, -0.25) is 9.59 Å². The van der Waals surface area contributed by atoms with E-state index in [-0.39, 0.29) is 11.8 Å². The normalized spacial score (nSPS) is 10.6. The van der Waals surface area contributed by atoms with Crippen LogP contribution >= 0.6 is 34.7 Å². The topological polar surface area (TPSA) is 58.2 Å². The number of thiophene rings is 1. The van der Waals surface area contributed by atoms with E-state index in [1.807, 2.05) is 36.6 Å². The molecule has 1 aromatic heterocycles. The first-order chi connectivity index (χ1) is 14.1. The van der Waals surface area contributed by atoms with E-state index in [9.17, 15) is 9.59 Å². The Labute approximate surface area is 183 Å². The van der Waals surface area contributed by atoms with Crippen molar-refractivity contribution in [3.8, 4) is 0 Å². The van der Waals surface area contributed by atoms with E-state index in [1.54, 1.807) is 47.4 Å². The predicted octanol–water partition coefficient (Wildman–Crippen LogP) is 6.09. The quantitative estimate of drug-likeness (QED) is 0.413. The Morgan fingerprint density at radius 3 is 2.59 bits per heavy atom. The van der Waals surface area contributed by atoms with Crippen molar-refractivity contribution in [1.29, 1.82) is 0 Å². The first kappa shape index (κ1) is 21.4. The van der Waals surface area contributed by atoms with Crippen molar-refractivity contribution in [1.82, 2.24) is 5.32 Å². The maximum absolute atomic E-state index is 12.8. The van der Waals surface area contributed by atoms with Gasteiger partial charge < -0.3 is 10.6 Å². The van der Waals surface area contributed by atoms with Gasteiger partial charge in [-0.1, -0.05) is 36.7 Å². The average Bonchev–Trinajstić information content (AvgIpc) is 3.24. The van der Waals surface area contributed by atoms with Gasteiger partial charge in [-0.05, 0) is 48.2 Å². The number of amides is 2. The average molecular weight is 445 g/mol. The highest BCUT2D eigenvalue weighted by atomic mass is 35.5. The third kappa shape index (κ3) is 5.85. The molecule has 7 heteroatoms. The minimum Gasteiger partial charge on any atom is -0.352 e. The predicted molar refractivity (Wildman–Crippen MR) is 122 cm³/mol. The van der Waals surface area contributed by atoms with E-state index in [4.69, 9.17) is 11.6 Å². The van der Waals surface area contributed by atoms with E-state index >= 15 is 0 Å². The highest BCUT2D eigenvalue weighted by Gasteiger charge is 2.14. The fourth-order valence-corrected chi connectivity index (χ4v) is 4.72. The molecule has 1 heterocycles. The molecule has 2 amide bonds. The molecule has 0 radical (unpaired) electrons. The Morgan fingerprint density at radius 1 is 1.03 bits per heavy atom. The number of benzene rings is 2. The summed E-state index contributed by atoms with van der Waals surface area (Å²) in [6.45, 7) is 2.57. The van der Waals surface area contributed by atoms with Crippen LogP contribution in [0.15, 0.2) is 64.9 Å². The van der Waals surface area contributed by atoms with Gasteiger partial charge in [-0.15, -0.1) is 23.1 Å². The van der Waals surface area contributed by atoms with Crippen molar-refractivity contribution in [3.63, 3.8) is 0 Å². The van der Waals surface area contributed by atoms with Gasteiger partial charge in [0.15, 0.2) is 0 Å². The van der Waals surface area contributed by atoms with Crippen LogP contribution < -0.4 is 10.6 Å². The summed E-state index contributed by atoms with van der Waals surface area (Å²) in [4.78, 5) is 27.1. The highest BCUT2D eigenvalue weighted by Crippen LogP contribution is 2.29. The van der Waals surface area contributed by atoms with Crippen LogP contribution in [0, 0.1) is 0 Å². The Bertz CT molecular complexity index is 990. The number of anilines is 1. The van der Waals surface area contributed by atoms with Gasteiger partial charge in [0.1, 0.15) is 0 Å². The lowest BCUT2D eigenvalue weighted by Crippen LogP contribution is -2.24. The lowest BCUT2D eigenvalue weighted by Gasteiger charge is -2.11. The number of hydrogen-bond acceptors (Lipinski definition) is 4. The number of rotatable bonds is 8. The standard InChI is InChI=1S/C22H21ClN2O2S2/c1-2-11-24-21(26)17-10-9-15(13-19(17)23)25-22(27)18-7-3-4-8-20(18)29-14-16-6-5-12-28-16/h3-10,12-13H,2,11,14H2,1H3,(H,24,26)(H,25,27). The first-order valence-corrected chi connectivity index (χ1v) is 11.5. The van der Waals surface area contributed by atoms with Crippen LogP contribution in [0.3, 0.4) is 0 Å². The van der Waals surface area contributed by atoms with Crippen LogP contribution in [-0.4, -0.2) is 18.4 Å². The maximum Gasteiger partial charge on any atom is 0.256 e. The highest BCUT2D eigenvalue weighted by molar-refractivity contribution is 7.98. The molecule has 0 unspecified atom stereocenters. The van der Waals surface area contributed by atoms with Crippen molar-refractivity contribution < 1.29 is 9.59 Å². The van der Waals surface area contributed by atoms with Gasteiger partial charge >= 0.3 is 0 Å². The van der Waals surface area contributed by atoms with Gasteiger partial charge in [0.2, 0.25) is 0 Å². The lowest BCUT2D eigenvalue weighted by molar-refractivity contribution is 0.0953. The molecule has 2 N–H and O–H groups in total. The summed E-state index contributed by atoms with van der Waals surface area (Å²) in [5.74, 6) is 0.388. The fraction of sp³-hybridized carbons (Fsp3) is 0.182. The van der Waals surface area contributed by atoms with Crippen LogP contribution in [-0.2, 0) is 5.75 Å². The molecule has 3 rings (SSSR count). The number of thioether (sulfide) groups is 1. The zero-order valence-electron chi connectivity index (χ0n) is 15.9. The fourth-order valence-electron chi connectivity index (χ4n) is 2.63. The Hall–Kier alpha value is -2.28. The molecule has 0 aliphatic heterocycles. The number of carbonyl (C=O) groups is 2. The summed E-state index contributed by atoms with van der Waals surface area (Å²) in [5, 5.41) is 8.02. The summed E-state index contributed by atoms with van der Waals surface area (Å²) < 4.78 is 0. The smallest absolute Gasteiger partial charge is 0.256 e. The summed E-state index contributed by atoms with van der Waals surface area (Å²) in [6, 6.07) is 16.5. The van der Waals surface area contributed by atoms with E-state index < -0.39 is 0 Å². The molecule has 0 atom stereocenters. The Morgan fingerprint density at radius 2 is 1.86 bits per heavy atom. The van der Waals surface area contributed by atoms with Gasteiger partial charge in [-0.2, -0.15) is 0 Å². The Kier molecular flexibility index (Phi) is 7.75. The molecule has 0 aliphatic rings. The second-order valence-electron chi connectivity index (χ2n) is 6.27. The lowest BCUT2D eigenvalue weighted by atomic mass is 10.1. The third-order valence-electron chi connectivity index (χ3n) is 4.09. The zero-order valence-corrected chi connectivity index (χ0v) is 18.3. The molecule has 150 valence electrons. The van der Waals surface area contributed by atoms with Crippen molar-refractivity contribution in [2.75, 3.05) is 11.9 Å². The second kappa shape index (κ2) is 10.5. The second-order valence-corrected chi connectivity index (χ2v) is 8.73. The number of halogens is 1. The summed E-state index contributed by atoms with van der Waals surface area (Å²) in [7, 11) is 0. The number of nitrogens with one attached hydrogen (secondary N) is 2. The van der Waals surface area contributed by atoms with E-state index in [1.165, 1.54) is 4.88 Å². The van der Waals surface area contributed by atoms with Crippen molar-refractivity contribution in [3.05, 3.63) is 81.0 Å². The molecule has 2 aromatic carbocycles. The molecule has 0 saturated carbocycles. The van der Waals surface area contributed by atoms with Gasteiger partial charge in [0.05, 0.1) is 16.1 Å². The van der Waals surface area contributed by atoms with Gasteiger partial charge in [-0.25, -0.2) is 0 Å². The molecular formula is C22H21ClN2O2S2. The molecule has 29 heavy (non-hydrogen) atoms. The van der Waals surface area contributed by atoms with Crippen molar-refractivity contribution in [2.24, 2.45) is 0 Å². The summed E-state index contributed by atoms with van der Waals surface area (Å²) in [6.07, 6.45) is 0.849. The molecule has 3 aromatic rings. The zero-order chi connectivity index (χ0) is 20.6. The minimum atomic E-state index is -0.218. The molecular weight excluding hydrogens is 424 g/mol.